The summed E-state index contributed by atoms with van der Waals surface area (Å²) in [7, 11) is 3.70. The van der Waals surface area contributed by atoms with Crippen molar-refractivity contribution in [3.63, 3.8) is 0 Å². The van der Waals surface area contributed by atoms with E-state index in [1.807, 2.05) is 14.1 Å². The number of aromatic amines is 1. The molecule has 0 amide bonds. The van der Waals surface area contributed by atoms with Crippen LogP contribution in [-0.4, -0.2) is 64.9 Å². The Morgan fingerprint density at radius 3 is 2.85 bits per heavy atom. The van der Waals surface area contributed by atoms with Crippen LogP contribution in [0.25, 0.3) is 0 Å². The molecule has 0 spiro atoms. The van der Waals surface area contributed by atoms with Crippen LogP contribution in [0, 0.1) is 0 Å². The Balaban J connectivity index is 0.00000144. The maximum absolute atomic E-state index is 10.7. The first-order chi connectivity index (χ1) is 5.68. The standard InChI is InChI=1S/C7H10N4O.Na/c1-11(2)5-9-6-3-4-8-7(12)10-6;/h3-5H,1-2H3,(H,8,10,12);/b9-5+;. The molecule has 1 aromatic rings. The van der Waals surface area contributed by atoms with Crippen LogP contribution in [0.3, 0.4) is 0 Å². The van der Waals surface area contributed by atoms with E-state index in [4.69, 9.17) is 0 Å². The molecule has 0 unspecified atom stereocenters. The van der Waals surface area contributed by atoms with Crippen molar-refractivity contribution < 1.29 is 0 Å². The van der Waals surface area contributed by atoms with Gasteiger partial charge in [-0.05, 0) is 6.07 Å². The number of nitrogens with zero attached hydrogens (tertiary/aromatic N) is 3. The molecule has 1 heterocycles. The third kappa shape index (κ3) is 4.82. The summed E-state index contributed by atoms with van der Waals surface area (Å²) < 4.78 is 0. The predicted octanol–water partition coefficient (Wildman–Crippen LogP) is -0.390. The van der Waals surface area contributed by atoms with Gasteiger partial charge in [-0.1, -0.05) is 0 Å². The third-order valence-corrected chi connectivity index (χ3v) is 1.09. The number of H-pyrrole nitrogens is 1. The van der Waals surface area contributed by atoms with Crippen molar-refractivity contribution in [2.24, 2.45) is 4.99 Å². The van der Waals surface area contributed by atoms with Crippen LogP contribution in [0.4, 0.5) is 5.82 Å². The summed E-state index contributed by atoms with van der Waals surface area (Å²) in [4.78, 5) is 22.4. The fourth-order valence-corrected chi connectivity index (χ4v) is 0.612. The monoisotopic (exact) mass is 189 g/mol. The van der Waals surface area contributed by atoms with Gasteiger partial charge in [0.15, 0.2) is 0 Å². The van der Waals surface area contributed by atoms with Gasteiger partial charge in [0.25, 0.3) is 0 Å². The molecule has 0 aliphatic heterocycles. The van der Waals surface area contributed by atoms with Gasteiger partial charge < -0.3 is 4.90 Å². The normalized spacial score (nSPS) is 9.69. The molecule has 1 aromatic heterocycles. The fraction of sp³-hybridized carbons (Fsp3) is 0.286. The summed E-state index contributed by atoms with van der Waals surface area (Å²) in [6, 6.07) is 1.63. The molecule has 1 N–H and O–H groups in total. The molecule has 0 aromatic carbocycles. The average molecular weight is 189 g/mol. The zero-order chi connectivity index (χ0) is 8.97. The molecule has 0 fully saturated rings. The Morgan fingerprint density at radius 1 is 1.62 bits per heavy atom. The van der Waals surface area contributed by atoms with Gasteiger partial charge in [0.2, 0.25) is 0 Å². The summed E-state index contributed by atoms with van der Waals surface area (Å²) in [5, 5.41) is 0. The van der Waals surface area contributed by atoms with Gasteiger partial charge in [-0.2, -0.15) is 0 Å². The Hall–Kier alpha value is -0.650. The quantitative estimate of drug-likeness (QED) is 0.391. The number of aromatic nitrogens is 2. The number of rotatable bonds is 2. The fourth-order valence-electron chi connectivity index (χ4n) is 0.612. The summed E-state index contributed by atoms with van der Waals surface area (Å²) in [5.74, 6) is 0.503. The number of hydrogen-bond acceptors (Lipinski definition) is 3. The first kappa shape index (κ1) is 12.3. The van der Waals surface area contributed by atoms with Gasteiger partial charge in [-0.3, -0.25) is 4.98 Å². The molecular weight excluding hydrogens is 179 g/mol. The first-order valence-corrected chi connectivity index (χ1v) is 3.44. The van der Waals surface area contributed by atoms with E-state index in [0.717, 1.165) is 0 Å². The molecule has 0 saturated carbocycles. The van der Waals surface area contributed by atoms with Crippen molar-refractivity contribution in [3.05, 3.63) is 22.7 Å². The number of nitrogens with one attached hydrogen (secondary N) is 1. The van der Waals surface area contributed by atoms with Gasteiger partial charge >= 0.3 is 5.69 Å². The Labute approximate surface area is 98.2 Å². The molecule has 6 heteroatoms. The van der Waals surface area contributed by atoms with Crippen LogP contribution in [-0.2, 0) is 0 Å². The first-order valence-electron chi connectivity index (χ1n) is 3.44. The topological polar surface area (TPSA) is 61.4 Å². The van der Waals surface area contributed by atoms with E-state index in [2.05, 4.69) is 15.0 Å². The molecule has 1 radical (unpaired) electrons. The second kappa shape index (κ2) is 5.90. The van der Waals surface area contributed by atoms with Crippen LogP contribution in [0.5, 0.6) is 0 Å². The molecule has 65 valence electrons. The summed E-state index contributed by atoms with van der Waals surface area (Å²) in [6.07, 6.45) is 3.02. The van der Waals surface area contributed by atoms with E-state index in [1.165, 1.54) is 6.20 Å². The van der Waals surface area contributed by atoms with Crippen molar-refractivity contribution in [3.8, 4) is 0 Å². The molecule has 0 aliphatic carbocycles. The van der Waals surface area contributed by atoms with Gasteiger partial charge in [0.1, 0.15) is 5.82 Å². The average Bonchev–Trinajstić information content (AvgIpc) is 2.01. The van der Waals surface area contributed by atoms with E-state index in [1.54, 1.807) is 17.3 Å². The molecule has 0 aliphatic rings. The van der Waals surface area contributed by atoms with Crippen LogP contribution < -0.4 is 5.69 Å². The molecule has 5 nitrogen and oxygen atoms in total. The number of aliphatic imine (C=N–C) groups is 1. The summed E-state index contributed by atoms with van der Waals surface area (Å²) >= 11 is 0. The molecule has 0 saturated heterocycles. The molecule has 1 rings (SSSR count). The molecular formula is C7H10N4NaO. The van der Waals surface area contributed by atoms with Crippen molar-refractivity contribution in [2.75, 3.05) is 14.1 Å². The maximum Gasteiger partial charge on any atom is 0.346 e. The smallest absolute Gasteiger partial charge is 0.346 e. The SMILES string of the molecule is CN(C)/C=N/c1ccnc(=O)[nH]1.[Na]. The molecule has 13 heavy (non-hydrogen) atoms. The minimum absolute atomic E-state index is 0. The predicted molar refractivity (Wildman–Crippen MR) is 52.5 cm³/mol. The summed E-state index contributed by atoms with van der Waals surface area (Å²) in [6.45, 7) is 0. The van der Waals surface area contributed by atoms with Crippen LogP contribution in [0.15, 0.2) is 22.1 Å². The van der Waals surface area contributed by atoms with Gasteiger partial charge in [0, 0.05) is 49.8 Å². The van der Waals surface area contributed by atoms with E-state index in [0.29, 0.717) is 5.82 Å². The third-order valence-electron chi connectivity index (χ3n) is 1.09. The summed E-state index contributed by atoms with van der Waals surface area (Å²) in [5.41, 5.74) is -0.386. The zero-order valence-electron chi connectivity index (χ0n) is 7.98. The van der Waals surface area contributed by atoms with E-state index in [9.17, 15) is 4.79 Å². The number of hydrogen-bond donors (Lipinski definition) is 1. The second-order valence-corrected chi connectivity index (χ2v) is 2.47. The largest absolute Gasteiger partial charge is 0.369 e. The van der Waals surface area contributed by atoms with Crippen LogP contribution >= 0.6 is 0 Å². The van der Waals surface area contributed by atoms with Gasteiger partial charge in [0.05, 0.1) is 6.34 Å². The van der Waals surface area contributed by atoms with Crippen molar-refractivity contribution in [1.82, 2.24) is 14.9 Å². The Morgan fingerprint density at radius 2 is 2.31 bits per heavy atom. The maximum atomic E-state index is 10.7. The Kier molecular flexibility index (Phi) is 5.61. The van der Waals surface area contributed by atoms with Crippen molar-refractivity contribution >= 4 is 41.7 Å². The van der Waals surface area contributed by atoms with Gasteiger partial charge in [-0.25, -0.2) is 14.8 Å². The molecule has 0 bridgehead atoms. The zero-order valence-corrected chi connectivity index (χ0v) is 9.98. The van der Waals surface area contributed by atoms with Gasteiger partial charge in [-0.15, -0.1) is 0 Å². The molecule has 0 atom stereocenters. The van der Waals surface area contributed by atoms with Crippen molar-refractivity contribution in [1.29, 1.82) is 0 Å². The van der Waals surface area contributed by atoms with Crippen LogP contribution in [0.1, 0.15) is 0 Å². The van der Waals surface area contributed by atoms with Crippen molar-refractivity contribution in [2.45, 2.75) is 0 Å². The Bertz CT molecular complexity index is 333. The minimum atomic E-state index is -0.386. The second-order valence-electron chi connectivity index (χ2n) is 2.47. The minimum Gasteiger partial charge on any atom is -0.369 e. The van der Waals surface area contributed by atoms with Crippen LogP contribution in [0.2, 0.25) is 0 Å². The van der Waals surface area contributed by atoms with E-state index in [-0.39, 0.29) is 35.2 Å². The van der Waals surface area contributed by atoms with E-state index >= 15 is 0 Å². The van der Waals surface area contributed by atoms with E-state index < -0.39 is 0 Å².